The highest BCUT2D eigenvalue weighted by Gasteiger charge is 2.13. The van der Waals surface area contributed by atoms with Crippen molar-refractivity contribution in [2.75, 3.05) is 46.6 Å². The first-order chi connectivity index (χ1) is 10.6. The largest absolute Gasteiger partial charge is 0.379 e. The van der Waals surface area contributed by atoms with Gasteiger partial charge in [0.15, 0.2) is 0 Å². The summed E-state index contributed by atoms with van der Waals surface area (Å²) in [5.41, 5.74) is 8.04. The van der Waals surface area contributed by atoms with E-state index >= 15 is 0 Å². The Kier molecular flexibility index (Phi) is 13.2. The van der Waals surface area contributed by atoms with Gasteiger partial charge in [-0.25, -0.2) is 0 Å². The van der Waals surface area contributed by atoms with Gasteiger partial charge in [-0.1, -0.05) is 5.11 Å². The number of carbonyl (C=O) groups excluding carboxylic acids is 2. The highest BCUT2D eigenvalue weighted by atomic mass is 16.5. The number of amides is 1. The molecule has 2 N–H and O–H groups in total. The third kappa shape index (κ3) is 12.1. The molecule has 0 unspecified atom stereocenters. The van der Waals surface area contributed by atoms with Crippen LogP contribution in [0.1, 0.15) is 19.8 Å². The third-order valence-corrected chi connectivity index (χ3v) is 2.84. The summed E-state index contributed by atoms with van der Waals surface area (Å²) in [5.74, 6) is -0.0743. The van der Waals surface area contributed by atoms with E-state index in [9.17, 15) is 9.59 Å². The van der Waals surface area contributed by atoms with E-state index in [1.807, 2.05) is 0 Å². The Morgan fingerprint density at radius 1 is 1.23 bits per heavy atom. The van der Waals surface area contributed by atoms with E-state index in [1.165, 1.54) is 6.92 Å². The standard InChI is InChI=1S/C13H25N5O4/c1-11(19)12(15-2)3-4-13(20)16-5-7-21-9-10-22-8-6-17-18-14/h12,15H,3-10H2,1-2H3,(H,16,20)/t12-/m0/s1. The Morgan fingerprint density at radius 3 is 2.50 bits per heavy atom. The van der Waals surface area contributed by atoms with Crippen LogP contribution in [-0.2, 0) is 19.1 Å². The first-order valence-electron chi connectivity index (χ1n) is 7.22. The Balaban J connectivity index is 3.42. The summed E-state index contributed by atoms with van der Waals surface area (Å²) < 4.78 is 10.4. The molecule has 0 spiro atoms. The average Bonchev–Trinajstić information content (AvgIpc) is 2.49. The van der Waals surface area contributed by atoms with E-state index < -0.39 is 0 Å². The van der Waals surface area contributed by atoms with Gasteiger partial charge < -0.3 is 20.1 Å². The van der Waals surface area contributed by atoms with E-state index in [-0.39, 0.29) is 17.7 Å². The minimum Gasteiger partial charge on any atom is -0.379 e. The summed E-state index contributed by atoms with van der Waals surface area (Å²) in [7, 11) is 1.70. The van der Waals surface area contributed by atoms with Crippen molar-refractivity contribution in [1.82, 2.24) is 10.6 Å². The molecular formula is C13H25N5O4. The molecule has 0 aromatic carbocycles. The molecule has 0 aliphatic carbocycles. The zero-order valence-electron chi connectivity index (χ0n) is 13.2. The molecule has 0 fully saturated rings. The third-order valence-electron chi connectivity index (χ3n) is 2.84. The number of ketones is 1. The normalized spacial score (nSPS) is 11.5. The van der Waals surface area contributed by atoms with Crippen LogP contribution in [0, 0.1) is 0 Å². The summed E-state index contributed by atoms with van der Waals surface area (Å²) in [6.45, 7) is 3.82. The number of carbonyl (C=O) groups is 2. The molecule has 0 aromatic heterocycles. The maximum absolute atomic E-state index is 11.6. The van der Waals surface area contributed by atoms with Gasteiger partial charge in [0.05, 0.1) is 32.5 Å². The molecule has 22 heavy (non-hydrogen) atoms. The first-order valence-corrected chi connectivity index (χ1v) is 7.22. The monoisotopic (exact) mass is 315 g/mol. The molecule has 0 aliphatic heterocycles. The zero-order chi connectivity index (χ0) is 16.6. The predicted molar refractivity (Wildman–Crippen MR) is 81.4 cm³/mol. The summed E-state index contributed by atoms with van der Waals surface area (Å²) in [5, 5.41) is 8.92. The smallest absolute Gasteiger partial charge is 0.220 e. The Labute approximate surface area is 130 Å². The minimum absolute atomic E-state index is 0.0269. The average molecular weight is 315 g/mol. The number of nitrogens with zero attached hydrogens (tertiary/aromatic N) is 3. The summed E-state index contributed by atoms with van der Waals surface area (Å²) in [6.07, 6.45) is 0.783. The lowest BCUT2D eigenvalue weighted by Crippen LogP contribution is -2.35. The molecule has 0 aromatic rings. The van der Waals surface area contributed by atoms with Crippen LogP contribution in [0.15, 0.2) is 5.11 Å². The number of ether oxygens (including phenoxy) is 2. The van der Waals surface area contributed by atoms with Gasteiger partial charge in [0.25, 0.3) is 0 Å². The van der Waals surface area contributed by atoms with Crippen LogP contribution in [0.5, 0.6) is 0 Å². The Hall–Kier alpha value is -1.67. The number of likely N-dealkylation sites (N-methyl/N-ethyl adjacent to an activating group) is 1. The van der Waals surface area contributed by atoms with Gasteiger partial charge in [-0.3, -0.25) is 9.59 Å². The van der Waals surface area contributed by atoms with Gasteiger partial charge in [0, 0.05) is 24.4 Å². The second kappa shape index (κ2) is 14.3. The van der Waals surface area contributed by atoms with Crippen LogP contribution >= 0.6 is 0 Å². The highest BCUT2D eigenvalue weighted by Crippen LogP contribution is 1.98. The lowest BCUT2D eigenvalue weighted by atomic mass is 10.1. The maximum atomic E-state index is 11.6. The number of azide groups is 1. The van der Waals surface area contributed by atoms with Gasteiger partial charge in [-0.15, -0.1) is 0 Å². The van der Waals surface area contributed by atoms with Crippen molar-refractivity contribution >= 4 is 11.7 Å². The van der Waals surface area contributed by atoms with E-state index in [2.05, 4.69) is 20.7 Å². The molecule has 0 rings (SSSR count). The van der Waals surface area contributed by atoms with E-state index in [0.29, 0.717) is 52.4 Å². The van der Waals surface area contributed by atoms with Crippen LogP contribution in [0.25, 0.3) is 10.4 Å². The first kappa shape index (κ1) is 20.3. The second-order valence-corrected chi connectivity index (χ2v) is 4.52. The van der Waals surface area contributed by atoms with Gasteiger partial charge in [-0.05, 0) is 25.9 Å². The molecule has 0 saturated carbocycles. The number of hydrogen-bond donors (Lipinski definition) is 2. The Morgan fingerprint density at radius 2 is 1.91 bits per heavy atom. The van der Waals surface area contributed by atoms with Gasteiger partial charge >= 0.3 is 0 Å². The predicted octanol–water partition coefficient (Wildman–Crippen LogP) is 0.403. The topological polar surface area (TPSA) is 125 Å². The fourth-order valence-electron chi connectivity index (χ4n) is 1.65. The quantitative estimate of drug-likeness (QED) is 0.208. The van der Waals surface area contributed by atoms with Gasteiger partial charge in [0.1, 0.15) is 5.78 Å². The molecule has 0 heterocycles. The molecule has 0 bridgehead atoms. The number of nitrogens with one attached hydrogen (secondary N) is 2. The molecule has 126 valence electrons. The van der Waals surface area contributed by atoms with E-state index in [0.717, 1.165) is 0 Å². The minimum atomic E-state index is -0.274. The van der Waals surface area contributed by atoms with Crippen LogP contribution < -0.4 is 10.6 Å². The SMILES string of the molecule is CN[C@@H](CCC(=O)NCCOCCOCCN=[N+]=[N-])C(C)=O. The van der Waals surface area contributed by atoms with Crippen molar-refractivity contribution in [2.24, 2.45) is 5.11 Å². The summed E-state index contributed by atoms with van der Waals surface area (Å²) in [4.78, 5) is 25.3. The highest BCUT2D eigenvalue weighted by molar-refractivity contribution is 5.82. The lowest BCUT2D eigenvalue weighted by Gasteiger charge is -2.12. The van der Waals surface area contributed by atoms with Crippen molar-refractivity contribution < 1.29 is 19.1 Å². The van der Waals surface area contributed by atoms with Crippen LogP contribution in [0.3, 0.4) is 0 Å². The van der Waals surface area contributed by atoms with Crippen molar-refractivity contribution in [1.29, 1.82) is 0 Å². The summed E-state index contributed by atoms with van der Waals surface area (Å²) >= 11 is 0. The molecular weight excluding hydrogens is 290 g/mol. The fraction of sp³-hybridized carbons (Fsp3) is 0.846. The molecule has 0 aliphatic rings. The molecule has 0 radical (unpaired) electrons. The zero-order valence-corrected chi connectivity index (χ0v) is 13.2. The maximum Gasteiger partial charge on any atom is 0.220 e. The van der Waals surface area contributed by atoms with Crippen molar-refractivity contribution in [3.05, 3.63) is 10.4 Å². The fourth-order valence-corrected chi connectivity index (χ4v) is 1.65. The van der Waals surface area contributed by atoms with Crippen molar-refractivity contribution in [2.45, 2.75) is 25.8 Å². The summed E-state index contributed by atoms with van der Waals surface area (Å²) in [6, 6.07) is -0.274. The van der Waals surface area contributed by atoms with E-state index in [1.54, 1.807) is 7.05 Å². The van der Waals surface area contributed by atoms with Crippen LogP contribution in [0.2, 0.25) is 0 Å². The van der Waals surface area contributed by atoms with Crippen molar-refractivity contribution in [3.8, 4) is 0 Å². The number of rotatable bonds is 14. The van der Waals surface area contributed by atoms with Gasteiger partial charge in [-0.2, -0.15) is 0 Å². The lowest BCUT2D eigenvalue weighted by molar-refractivity contribution is -0.122. The second-order valence-electron chi connectivity index (χ2n) is 4.52. The van der Waals surface area contributed by atoms with Crippen molar-refractivity contribution in [3.63, 3.8) is 0 Å². The van der Waals surface area contributed by atoms with Gasteiger partial charge in [0.2, 0.25) is 5.91 Å². The van der Waals surface area contributed by atoms with Crippen LogP contribution in [0.4, 0.5) is 0 Å². The molecule has 1 atom stereocenters. The number of hydrogen-bond acceptors (Lipinski definition) is 6. The molecule has 1 amide bonds. The molecule has 9 heteroatoms. The molecule has 9 nitrogen and oxygen atoms in total. The Bertz CT molecular complexity index is 371. The molecule has 0 saturated heterocycles. The number of Topliss-reactive ketones (excluding diaryl/α,β-unsaturated/α-hetero) is 1. The van der Waals surface area contributed by atoms with Crippen LogP contribution in [-0.4, -0.2) is 64.3 Å². The van der Waals surface area contributed by atoms with E-state index in [4.69, 9.17) is 15.0 Å².